The van der Waals surface area contributed by atoms with Crippen LogP contribution in [-0.4, -0.2) is 35.4 Å². The zero-order valence-corrected chi connectivity index (χ0v) is 18.3. The number of nitrogens with one attached hydrogen (secondary N) is 1. The molecule has 0 bridgehead atoms. The molecule has 1 N–H and O–H groups in total. The highest BCUT2D eigenvalue weighted by molar-refractivity contribution is 7.13. The molecule has 3 aromatic heterocycles. The quantitative estimate of drug-likeness (QED) is 0.399. The third-order valence-corrected chi connectivity index (χ3v) is 5.81. The number of carbonyl (C=O) groups excluding carboxylic acids is 1. The van der Waals surface area contributed by atoms with E-state index in [1.54, 1.807) is 24.5 Å². The molecule has 1 amide bonds. The van der Waals surface area contributed by atoms with Gasteiger partial charge in [0.05, 0.1) is 10.6 Å². The highest BCUT2D eigenvalue weighted by atomic mass is 32.1. The third kappa shape index (κ3) is 4.15. The molecule has 0 aliphatic carbocycles. The fraction of sp³-hybridized carbons (Fsp3) is 0.0870. The number of nitrogens with zero attached hydrogens (tertiary/aromatic N) is 6. The summed E-state index contributed by atoms with van der Waals surface area (Å²) in [5, 5.41) is 17.2. The van der Waals surface area contributed by atoms with Gasteiger partial charge in [0.15, 0.2) is 11.6 Å². The molecule has 8 nitrogen and oxygen atoms in total. The van der Waals surface area contributed by atoms with Crippen LogP contribution in [0.4, 0.5) is 10.1 Å². The number of carbonyl (C=O) groups is 1. The minimum atomic E-state index is -0.475. The van der Waals surface area contributed by atoms with Gasteiger partial charge in [-0.3, -0.25) is 4.79 Å². The molecule has 2 aromatic carbocycles. The number of amides is 1. The molecule has 0 aliphatic rings. The van der Waals surface area contributed by atoms with Crippen molar-refractivity contribution in [1.82, 2.24) is 29.5 Å². The van der Waals surface area contributed by atoms with Crippen molar-refractivity contribution in [2.45, 2.75) is 13.5 Å². The summed E-state index contributed by atoms with van der Waals surface area (Å²) in [5.41, 5.74) is 1.87. The predicted molar refractivity (Wildman–Crippen MR) is 124 cm³/mol. The van der Waals surface area contributed by atoms with E-state index in [0.717, 1.165) is 17.0 Å². The van der Waals surface area contributed by atoms with Gasteiger partial charge in [0.1, 0.15) is 12.1 Å². The van der Waals surface area contributed by atoms with Crippen molar-refractivity contribution in [3.8, 4) is 27.8 Å². The Morgan fingerprint density at radius 3 is 2.76 bits per heavy atom. The lowest BCUT2D eigenvalue weighted by atomic mass is 10.2. The van der Waals surface area contributed by atoms with Gasteiger partial charge in [0.25, 0.3) is 5.91 Å². The van der Waals surface area contributed by atoms with Gasteiger partial charge in [-0.1, -0.05) is 24.3 Å². The van der Waals surface area contributed by atoms with Crippen molar-refractivity contribution in [3.05, 3.63) is 84.0 Å². The second-order valence-corrected chi connectivity index (χ2v) is 8.05. The highest BCUT2D eigenvalue weighted by Crippen LogP contribution is 2.26. The van der Waals surface area contributed by atoms with Crippen LogP contribution in [0.25, 0.3) is 27.8 Å². The standard InChI is InChI=1S/C23H18FN7OS/c1-2-30-14-25-28-21(30)15-6-3-8-17(12-15)26-23(32)20-27-22(19-10-5-11-33-19)31(29-20)18-9-4-7-16(24)13-18/h3-14H,2H2,1H3,(H,26,32). The van der Waals surface area contributed by atoms with Gasteiger partial charge in [-0.2, -0.15) is 0 Å². The van der Waals surface area contributed by atoms with Crippen LogP contribution in [0.1, 0.15) is 17.5 Å². The Morgan fingerprint density at radius 1 is 1.09 bits per heavy atom. The normalized spacial score (nSPS) is 11.0. The van der Waals surface area contributed by atoms with Crippen molar-refractivity contribution in [3.63, 3.8) is 0 Å². The number of anilines is 1. The van der Waals surface area contributed by atoms with Gasteiger partial charge >= 0.3 is 0 Å². The Labute approximate surface area is 192 Å². The Bertz CT molecular complexity index is 1420. The Hall–Kier alpha value is -4.18. The van der Waals surface area contributed by atoms with Crippen molar-refractivity contribution in [2.24, 2.45) is 0 Å². The second kappa shape index (κ2) is 8.75. The van der Waals surface area contributed by atoms with E-state index >= 15 is 0 Å². The summed E-state index contributed by atoms with van der Waals surface area (Å²) in [4.78, 5) is 18.3. The first-order chi connectivity index (χ1) is 16.1. The van der Waals surface area contributed by atoms with E-state index in [-0.39, 0.29) is 5.82 Å². The Morgan fingerprint density at radius 2 is 1.97 bits per heavy atom. The lowest BCUT2D eigenvalue weighted by Gasteiger charge is -2.07. The topological polar surface area (TPSA) is 90.5 Å². The maximum Gasteiger partial charge on any atom is 0.295 e. The largest absolute Gasteiger partial charge is 0.319 e. The van der Waals surface area contributed by atoms with Gasteiger partial charge in [-0.05, 0) is 48.7 Å². The number of aryl methyl sites for hydroxylation is 1. The summed E-state index contributed by atoms with van der Waals surface area (Å²) < 4.78 is 17.2. The summed E-state index contributed by atoms with van der Waals surface area (Å²) >= 11 is 1.46. The van der Waals surface area contributed by atoms with Crippen LogP contribution in [0.3, 0.4) is 0 Å². The first-order valence-corrected chi connectivity index (χ1v) is 11.1. The van der Waals surface area contributed by atoms with Gasteiger partial charge in [-0.15, -0.1) is 26.6 Å². The van der Waals surface area contributed by atoms with Crippen LogP contribution in [0.15, 0.2) is 72.4 Å². The van der Waals surface area contributed by atoms with Crippen LogP contribution in [-0.2, 0) is 6.54 Å². The van der Waals surface area contributed by atoms with E-state index in [4.69, 9.17) is 0 Å². The summed E-state index contributed by atoms with van der Waals surface area (Å²) in [7, 11) is 0. The molecule has 0 spiro atoms. The first kappa shape index (κ1) is 20.7. The SMILES string of the molecule is CCn1cnnc1-c1cccc(NC(=O)c2nc(-c3cccs3)n(-c3cccc(F)c3)n2)c1. The molecular formula is C23H18FN7OS. The molecule has 5 aromatic rings. The molecule has 0 unspecified atom stereocenters. The molecule has 164 valence electrons. The molecule has 0 fully saturated rings. The van der Waals surface area contributed by atoms with Gasteiger partial charge in [0, 0.05) is 17.8 Å². The Kier molecular flexibility index (Phi) is 5.49. The van der Waals surface area contributed by atoms with Crippen molar-refractivity contribution in [2.75, 3.05) is 5.32 Å². The molecule has 5 rings (SSSR count). The lowest BCUT2D eigenvalue weighted by Crippen LogP contribution is -2.14. The Balaban J connectivity index is 1.47. The van der Waals surface area contributed by atoms with E-state index in [1.807, 2.05) is 47.2 Å². The number of aromatic nitrogens is 6. The molecular weight excluding hydrogens is 441 g/mol. The summed E-state index contributed by atoms with van der Waals surface area (Å²) in [6.45, 7) is 2.73. The summed E-state index contributed by atoms with van der Waals surface area (Å²) in [5.74, 6) is 0.275. The van der Waals surface area contributed by atoms with E-state index in [2.05, 4.69) is 25.6 Å². The van der Waals surface area contributed by atoms with Gasteiger partial charge in [0.2, 0.25) is 5.82 Å². The number of halogens is 1. The van der Waals surface area contributed by atoms with Crippen LogP contribution < -0.4 is 5.32 Å². The monoisotopic (exact) mass is 459 g/mol. The molecule has 0 saturated heterocycles. The average Bonchev–Trinajstić information content (AvgIpc) is 3.59. The molecule has 0 atom stereocenters. The fourth-order valence-corrected chi connectivity index (χ4v) is 4.09. The minimum absolute atomic E-state index is 0.0233. The smallest absolute Gasteiger partial charge is 0.295 e. The molecule has 0 radical (unpaired) electrons. The fourth-order valence-electron chi connectivity index (χ4n) is 3.39. The summed E-state index contributed by atoms with van der Waals surface area (Å²) in [6, 6.07) is 17.1. The number of thiophene rings is 1. The van der Waals surface area contributed by atoms with Crippen LogP contribution in [0.2, 0.25) is 0 Å². The average molecular weight is 460 g/mol. The minimum Gasteiger partial charge on any atom is -0.319 e. The van der Waals surface area contributed by atoms with Gasteiger partial charge in [-0.25, -0.2) is 14.1 Å². The van der Waals surface area contributed by atoms with E-state index in [0.29, 0.717) is 23.0 Å². The maximum absolute atomic E-state index is 13.8. The molecule has 3 heterocycles. The predicted octanol–water partition coefficient (Wildman–Crippen LogP) is 4.67. The maximum atomic E-state index is 13.8. The first-order valence-electron chi connectivity index (χ1n) is 10.2. The number of hydrogen-bond donors (Lipinski definition) is 1. The van der Waals surface area contributed by atoms with E-state index < -0.39 is 11.7 Å². The van der Waals surface area contributed by atoms with Crippen molar-refractivity contribution < 1.29 is 9.18 Å². The highest BCUT2D eigenvalue weighted by Gasteiger charge is 2.20. The third-order valence-electron chi connectivity index (χ3n) is 4.94. The number of rotatable bonds is 6. The zero-order valence-electron chi connectivity index (χ0n) is 17.5. The molecule has 0 saturated carbocycles. The van der Waals surface area contributed by atoms with Gasteiger partial charge < -0.3 is 9.88 Å². The van der Waals surface area contributed by atoms with Crippen molar-refractivity contribution >= 4 is 22.9 Å². The number of benzene rings is 2. The molecule has 10 heteroatoms. The molecule has 0 aliphatic heterocycles. The van der Waals surface area contributed by atoms with Crippen LogP contribution in [0, 0.1) is 5.82 Å². The van der Waals surface area contributed by atoms with Crippen LogP contribution in [0.5, 0.6) is 0 Å². The second-order valence-electron chi connectivity index (χ2n) is 7.10. The van der Waals surface area contributed by atoms with E-state index in [9.17, 15) is 9.18 Å². The van der Waals surface area contributed by atoms with E-state index in [1.165, 1.54) is 28.2 Å². The molecule has 33 heavy (non-hydrogen) atoms. The van der Waals surface area contributed by atoms with Crippen molar-refractivity contribution in [1.29, 1.82) is 0 Å². The number of hydrogen-bond acceptors (Lipinski definition) is 6. The summed E-state index contributed by atoms with van der Waals surface area (Å²) in [6.07, 6.45) is 1.66. The zero-order chi connectivity index (χ0) is 22.8. The van der Waals surface area contributed by atoms with Crippen LogP contribution >= 0.6 is 11.3 Å². The lowest BCUT2D eigenvalue weighted by molar-refractivity contribution is 0.101.